The molecule has 0 aromatic rings. The van der Waals surface area contributed by atoms with Crippen LogP contribution >= 0.6 is 0 Å². The van der Waals surface area contributed by atoms with Crippen molar-refractivity contribution in [2.45, 2.75) is 39.2 Å². The highest BCUT2D eigenvalue weighted by atomic mass is 16.5. The summed E-state index contributed by atoms with van der Waals surface area (Å²) in [6.07, 6.45) is 0.602. The summed E-state index contributed by atoms with van der Waals surface area (Å²) in [6, 6.07) is -0.308. The molecule has 0 aromatic carbocycles. The fraction of sp³-hybridized carbons (Fsp3) is 0.750. The SMILES string of the molecule is CCOC(=O)CCC(=O)N1CCC(C(=O)O)C1C. The van der Waals surface area contributed by atoms with E-state index in [2.05, 4.69) is 0 Å². The number of carbonyl (C=O) groups is 3. The van der Waals surface area contributed by atoms with Crippen LogP contribution in [0.15, 0.2) is 0 Å². The highest BCUT2D eigenvalue weighted by Crippen LogP contribution is 2.25. The van der Waals surface area contributed by atoms with Crippen molar-refractivity contribution in [3.63, 3.8) is 0 Å². The zero-order valence-electron chi connectivity index (χ0n) is 10.7. The van der Waals surface area contributed by atoms with Crippen LogP contribution < -0.4 is 0 Å². The Kier molecular flexibility index (Phi) is 5.12. The molecule has 0 radical (unpaired) electrons. The van der Waals surface area contributed by atoms with Crippen LogP contribution in [0.1, 0.15) is 33.1 Å². The Hall–Kier alpha value is -1.59. The lowest BCUT2D eigenvalue weighted by molar-refractivity contribution is -0.147. The van der Waals surface area contributed by atoms with E-state index in [-0.39, 0.29) is 24.8 Å². The number of likely N-dealkylation sites (tertiary alicyclic amines) is 1. The van der Waals surface area contributed by atoms with Gasteiger partial charge in [0.2, 0.25) is 5.91 Å². The number of nitrogens with zero attached hydrogens (tertiary/aromatic N) is 1. The molecule has 1 N–H and O–H groups in total. The first-order chi connectivity index (χ1) is 8.47. The number of carboxylic acids is 1. The summed E-state index contributed by atoms with van der Waals surface area (Å²) in [5, 5.41) is 8.96. The van der Waals surface area contributed by atoms with Crippen LogP contribution in [-0.4, -0.2) is 47.0 Å². The molecule has 1 saturated heterocycles. The summed E-state index contributed by atoms with van der Waals surface area (Å²) in [7, 11) is 0. The van der Waals surface area contributed by atoms with Gasteiger partial charge in [0.1, 0.15) is 0 Å². The van der Waals surface area contributed by atoms with Gasteiger partial charge in [-0.3, -0.25) is 14.4 Å². The predicted octanol–water partition coefficient (Wildman–Crippen LogP) is 0.651. The lowest BCUT2D eigenvalue weighted by Crippen LogP contribution is -2.37. The van der Waals surface area contributed by atoms with Gasteiger partial charge in [0.15, 0.2) is 0 Å². The molecule has 1 aliphatic rings. The van der Waals surface area contributed by atoms with Gasteiger partial charge in [0, 0.05) is 19.0 Å². The summed E-state index contributed by atoms with van der Waals surface area (Å²) in [4.78, 5) is 35.4. The second-order valence-corrected chi connectivity index (χ2v) is 4.37. The molecule has 1 aliphatic heterocycles. The Morgan fingerprint density at radius 3 is 2.50 bits per heavy atom. The third-order valence-corrected chi connectivity index (χ3v) is 3.24. The van der Waals surface area contributed by atoms with E-state index < -0.39 is 17.9 Å². The fourth-order valence-corrected chi connectivity index (χ4v) is 2.21. The van der Waals surface area contributed by atoms with Crippen molar-refractivity contribution in [3.05, 3.63) is 0 Å². The summed E-state index contributed by atoms with van der Waals surface area (Å²) >= 11 is 0. The summed E-state index contributed by atoms with van der Waals surface area (Å²) in [6.45, 7) is 4.18. The molecule has 102 valence electrons. The normalized spacial score (nSPS) is 22.9. The van der Waals surface area contributed by atoms with Crippen LogP contribution in [0.4, 0.5) is 0 Å². The fourth-order valence-electron chi connectivity index (χ4n) is 2.21. The van der Waals surface area contributed by atoms with Gasteiger partial charge in [0.25, 0.3) is 0 Å². The van der Waals surface area contributed by atoms with E-state index in [9.17, 15) is 14.4 Å². The first-order valence-electron chi connectivity index (χ1n) is 6.15. The quantitative estimate of drug-likeness (QED) is 0.731. The Morgan fingerprint density at radius 1 is 1.33 bits per heavy atom. The minimum absolute atomic E-state index is 0.0492. The molecule has 6 heteroatoms. The van der Waals surface area contributed by atoms with E-state index in [1.807, 2.05) is 0 Å². The third-order valence-electron chi connectivity index (χ3n) is 3.24. The lowest BCUT2D eigenvalue weighted by atomic mass is 10.0. The maximum atomic E-state index is 11.9. The van der Waals surface area contributed by atoms with Gasteiger partial charge in [-0.15, -0.1) is 0 Å². The largest absolute Gasteiger partial charge is 0.481 e. The highest BCUT2D eigenvalue weighted by Gasteiger charge is 2.37. The molecule has 1 amide bonds. The Bertz CT molecular complexity index is 341. The number of ether oxygens (including phenoxy) is 1. The van der Waals surface area contributed by atoms with E-state index in [1.165, 1.54) is 4.90 Å². The lowest BCUT2D eigenvalue weighted by Gasteiger charge is -2.23. The summed E-state index contributed by atoms with van der Waals surface area (Å²) in [5.74, 6) is -1.95. The van der Waals surface area contributed by atoms with Gasteiger partial charge >= 0.3 is 11.9 Å². The zero-order valence-corrected chi connectivity index (χ0v) is 10.7. The molecule has 2 unspecified atom stereocenters. The molecular formula is C12H19NO5. The van der Waals surface area contributed by atoms with E-state index in [0.29, 0.717) is 19.6 Å². The topological polar surface area (TPSA) is 83.9 Å². The molecular weight excluding hydrogens is 238 g/mol. The van der Waals surface area contributed by atoms with Crippen LogP contribution in [0.5, 0.6) is 0 Å². The van der Waals surface area contributed by atoms with Crippen molar-refractivity contribution < 1.29 is 24.2 Å². The number of esters is 1. The van der Waals surface area contributed by atoms with Gasteiger partial charge in [-0.25, -0.2) is 0 Å². The van der Waals surface area contributed by atoms with Crippen molar-refractivity contribution in [2.24, 2.45) is 5.92 Å². The molecule has 6 nitrogen and oxygen atoms in total. The van der Waals surface area contributed by atoms with Gasteiger partial charge in [-0.1, -0.05) is 0 Å². The number of aliphatic carboxylic acids is 1. The van der Waals surface area contributed by atoms with Crippen LogP contribution in [0, 0.1) is 5.92 Å². The second kappa shape index (κ2) is 6.37. The first kappa shape index (κ1) is 14.5. The number of rotatable bonds is 5. The van der Waals surface area contributed by atoms with E-state index in [1.54, 1.807) is 13.8 Å². The van der Waals surface area contributed by atoms with Crippen molar-refractivity contribution in [2.75, 3.05) is 13.2 Å². The Morgan fingerprint density at radius 2 is 2.00 bits per heavy atom. The van der Waals surface area contributed by atoms with Gasteiger partial charge in [-0.2, -0.15) is 0 Å². The minimum atomic E-state index is -0.872. The van der Waals surface area contributed by atoms with Gasteiger partial charge in [-0.05, 0) is 20.3 Å². The van der Waals surface area contributed by atoms with Gasteiger partial charge < -0.3 is 14.7 Å². The molecule has 0 aromatic heterocycles. The molecule has 18 heavy (non-hydrogen) atoms. The highest BCUT2D eigenvalue weighted by molar-refractivity contribution is 5.83. The monoisotopic (exact) mass is 257 g/mol. The number of hydrogen-bond acceptors (Lipinski definition) is 4. The van der Waals surface area contributed by atoms with Crippen LogP contribution in [0.3, 0.4) is 0 Å². The van der Waals surface area contributed by atoms with E-state index in [0.717, 1.165) is 0 Å². The third kappa shape index (κ3) is 3.45. The van der Waals surface area contributed by atoms with Crippen molar-refractivity contribution in [3.8, 4) is 0 Å². The number of carbonyl (C=O) groups excluding carboxylic acids is 2. The van der Waals surface area contributed by atoms with E-state index >= 15 is 0 Å². The first-order valence-corrected chi connectivity index (χ1v) is 6.15. The minimum Gasteiger partial charge on any atom is -0.481 e. The summed E-state index contributed by atoms with van der Waals surface area (Å²) in [5.41, 5.74) is 0. The zero-order chi connectivity index (χ0) is 13.7. The van der Waals surface area contributed by atoms with Gasteiger partial charge in [0.05, 0.1) is 18.9 Å². The van der Waals surface area contributed by atoms with Crippen molar-refractivity contribution in [1.29, 1.82) is 0 Å². The molecule has 1 rings (SSSR count). The average Bonchev–Trinajstić information content (AvgIpc) is 2.68. The number of hydrogen-bond donors (Lipinski definition) is 1. The molecule has 1 heterocycles. The summed E-state index contributed by atoms with van der Waals surface area (Å²) < 4.78 is 4.74. The maximum absolute atomic E-state index is 11.9. The molecule has 0 spiro atoms. The molecule has 0 saturated carbocycles. The Labute approximate surface area is 106 Å². The molecule has 0 bridgehead atoms. The molecule has 2 atom stereocenters. The Balaban J connectivity index is 2.44. The number of carboxylic acid groups (broad SMARTS) is 1. The maximum Gasteiger partial charge on any atom is 0.308 e. The standard InChI is InChI=1S/C12H19NO5/c1-3-18-11(15)5-4-10(14)13-7-6-9(8(13)2)12(16)17/h8-9H,3-7H2,1-2H3,(H,16,17). The smallest absolute Gasteiger partial charge is 0.308 e. The van der Waals surface area contributed by atoms with Crippen LogP contribution in [-0.2, 0) is 19.1 Å². The average molecular weight is 257 g/mol. The van der Waals surface area contributed by atoms with Crippen molar-refractivity contribution >= 4 is 17.8 Å². The predicted molar refractivity (Wildman–Crippen MR) is 62.8 cm³/mol. The van der Waals surface area contributed by atoms with Crippen LogP contribution in [0.2, 0.25) is 0 Å². The van der Waals surface area contributed by atoms with E-state index in [4.69, 9.17) is 9.84 Å². The van der Waals surface area contributed by atoms with Crippen LogP contribution in [0.25, 0.3) is 0 Å². The molecule has 1 fully saturated rings. The second-order valence-electron chi connectivity index (χ2n) is 4.37. The number of amides is 1. The van der Waals surface area contributed by atoms with Crippen molar-refractivity contribution in [1.82, 2.24) is 4.90 Å². The molecule has 0 aliphatic carbocycles.